The molecule has 1 aliphatic rings. The predicted octanol–water partition coefficient (Wildman–Crippen LogP) is 1.40. The van der Waals surface area contributed by atoms with Gasteiger partial charge >= 0.3 is 0 Å². The van der Waals surface area contributed by atoms with E-state index < -0.39 is 6.10 Å². The number of carbonyl (C=O) groups excluding carboxylic acids is 1. The molecular formula is C11H14N2O2. The second-order valence-corrected chi connectivity index (χ2v) is 3.54. The van der Waals surface area contributed by atoms with Gasteiger partial charge in [-0.05, 0) is 26.0 Å². The van der Waals surface area contributed by atoms with E-state index in [0.717, 1.165) is 5.69 Å². The number of ether oxygens (including phenoxy) is 1. The number of likely N-dealkylation sites (N-methyl/N-ethyl adjacent to an activating group) is 1. The molecule has 0 spiro atoms. The van der Waals surface area contributed by atoms with Crippen molar-refractivity contribution >= 4 is 17.3 Å². The van der Waals surface area contributed by atoms with Crippen molar-refractivity contribution in [1.82, 2.24) is 0 Å². The molecule has 2 rings (SSSR count). The maximum Gasteiger partial charge on any atom is 0.267 e. The van der Waals surface area contributed by atoms with Crippen molar-refractivity contribution in [3.63, 3.8) is 0 Å². The van der Waals surface area contributed by atoms with Crippen LogP contribution in [0.2, 0.25) is 0 Å². The number of rotatable bonds is 1. The number of fused-ring (bicyclic) bond motifs is 1. The first kappa shape index (κ1) is 9.83. The summed E-state index contributed by atoms with van der Waals surface area (Å²) < 4.78 is 5.49. The Balaban J connectivity index is 2.54. The molecule has 1 aromatic rings. The number of carbonyl (C=O) groups is 1. The van der Waals surface area contributed by atoms with E-state index >= 15 is 0 Å². The summed E-state index contributed by atoms with van der Waals surface area (Å²) in [5.41, 5.74) is 7.14. The Morgan fingerprint density at radius 3 is 2.93 bits per heavy atom. The number of anilines is 2. The molecule has 0 aromatic heterocycles. The first-order valence-corrected chi connectivity index (χ1v) is 5.01. The zero-order chi connectivity index (χ0) is 11.0. The summed E-state index contributed by atoms with van der Waals surface area (Å²) in [7, 11) is 0. The Kier molecular flexibility index (Phi) is 2.26. The molecule has 0 radical (unpaired) electrons. The summed E-state index contributed by atoms with van der Waals surface area (Å²) in [6.45, 7) is 4.30. The maximum atomic E-state index is 11.8. The van der Waals surface area contributed by atoms with Crippen LogP contribution in [0.5, 0.6) is 5.75 Å². The second kappa shape index (κ2) is 3.46. The second-order valence-electron chi connectivity index (χ2n) is 3.54. The van der Waals surface area contributed by atoms with E-state index in [9.17, 15) is 4.79 Å². The number of nitrogens with zero attached hydrogens (tertiary/aromatic N) is 1. The molecule has 4 heteroatoms. The van der Waals surface area contributed by atoms with Gasteiger partial charge in [0.25, 0.3) is 5.91 Å². The molecule has 2 N–H and O–H groups in total. The van der Waals surface area contributed by atoms with Crippen LogP contribution in [0.4, 0.5) is 11.4 Å². The van der Waals surface area contributed by atoms with Crippen molar-refractivity contribution in [2.45, 2.75) is 20.0 Å². The molecule has 15 heavy (non-hydrogen) atoms. The van der Waals surface area contributed by atoms with Crippen molar-refractivity contribution in [2.24, 2.45) is 0 Å². The minimum Gasteiger partial charge on any atom is -0.477 e. The van der Waals surface area contributed by atoms with Crippen LogP contribution in [0, 0.1) is 0 Å². The van der Waals surface area contributed by atoms with Crippen LogP contribution < -0.4 is 15.4 Å². The van der Waals surface area contributed by atoms with Gasteiger partial charge in [0.05, 0.1) is 11.4 Å². The summed E-state index contributed by atoms with van der Waals surface area (Å²) in [5.74, 6) is 0.599. The molecule has 1 aromatic carbocycles. The van der Waals surface area contributed by atoms with E-state index in [1.807, 2.05) is 19.1 Å². The Morgan fingerprint density at radius 1 is 1.53 bits per heavy atom. The summed E-state index contributed by atoms with van der Waals surface area (Å²) in [6.07, 6.45) is -0.456. The van der Waals surface area contributed by atoms with Crippen molar-refractivity contribution in [2.75, 3.05) is 17.2 Å². The smallest absolute Gasteiger partial charge is 0.267 e. The van der Waals surface area contributed by atoms with Gasteiger partial charge in [0.2, 0.25) is 0 Å². The number of hydrogen-bond acceptors (Lipinski definition) is 3. The highest BCUT2D eigenvalue weighted by atomic mass is 16.5. The van der Waals surface area contributed by atoms with Gasteiger partial charge in [-0.25, -0.2) is 0 Å². The van der Waals surface area contributed by atoms with Crippen LogP contribution >= 0.6 is 0 Å². The van der Waals surface area contributed by atoms with Crippen LogP contribution in [-0.2, 0) is 4.79 Å². The molecule has 1 heterocycles. The fourth-order valence-corrected chi connectivity index (χ4v) is 1.77. The van der Waals surface area contributed by atoms with Crippen molar-refractivity contribution in [3.8, 4) is 5.75 Å². The molecule has 1 amide bonds. The number of nitrogen functional groups attached to an aromatic ring is 1. The van der Waals surface area contributed by atoms with Crippen LogP contribution in [0.15, 0.2) is 18.2 Å². The summed E-state index contributed by atoms with van der Waals surface area (Å²) >= 11 is 0. The number of hydrogen-bond donors (Lipinski definition) is 1. The van der Waals surface area contributed by atoms with Crippen LogP contribution in [0.1, 0.15) is 13.8 Å². The predicted molar refractivity (Wildman–Crippen MR) is 59.0 cm³/mol. The third-order valence-corrected chi connectivity index (χ3v) is 2.54. The minimum atomic E-state index is -0.456. The molecule has 0 aliphatic carbocycles. The number of amides is 1. The van der Waals surface area contributed by atoms with Gasteiger partial charge < -0.3 is 15.4 Å². The minimum absolute atomic E-state index is 0.0180. The maximum absolute atomic E-state index is 11.8. The first-order chi connectivity index (χ1) is 7.15. The molecule has 0 bridgehead atoms. The molecule has 1 aliphatic heterocycles. The molecule has 0 fully saturated rings. The molecule has 0 unspecified atom stereocenters. The van der Waals surface area contributed by atoms with E-state index in [2.05, 4.69) is 0 Å². The zero-order valence-electron chi connectivity index (χ0n) is 8.86. The van der Waals surface area contributed by atoms with E-state index in [0.29, 0.717) is 18.0 Å². The molecule has 80 valence electrons. The van der Waals surface area contributed by atoms with Gasteiger partial charge in [-0.1, -0.05) is 6.07 Å². The molecular weight excluding hydrogens is 192 g/mol. The Morgan fingerprint density at radius 2 is 2.27 bits per heavy atom. The number of nitrogens with two attached hydrogens (primary N) is 1. The van der Waals surface area contributed by atoms with Crippen molar-refractivity contribution in [3.05, 3.63) is 18.2 Å². The van der Waals surface area contributed by atoms with E-state index in [1.165, 1.54) is 0 Å². The summed E-state index contributed by atoms with van der Waals surface area (Å²) in [4.78, 5) is 13.5. The van der Waals surface area contributed by atoms with Crippen LogP contribution in [0.25, 0.3) is 0 Å². The van der Waals surface area contributed by atoms with Crippen molar-refractivity contribution in [1.29, 1.82) is 0 Å². The Hall–Kier alpha value is -1.71. The van der Waals surface area contributed by atoms with Gasteiger partial charge in [-0.2, -0.15) is 0 Å². The van der Waals surface area contributed by atoms with E-state index in [4.69, 9.17) is 10.5 Å². The molecule has 0 saturated carbocycles. The quantitative estimate of drug-likeness (QED) is 0.707. The van der Waals surface area contributed by atoms with Gasteiger partial charge in [0.1, 0.15) is 0 Å². The highest BCUT2D eigenvalue weighted by Gasteiger charge is 2.31. The van der Waals surface area contributed by atoms with Gasteiger partial charge in [-0.15, -0.1) is 0 Å². The fraction of sp³-hybridized carbons (Fsp3) is 0.364. The summed E-state index contributed by atoms with van der Waals surface area (Å²) in [6, 6.07) is 5.44. The van der Waals surface area contributed by atoms with Crippen LogP contribution in [-0.4, -0.2) is 18.6 Å². The molecule has 1 atom stereocenters. The van der Waals surface area contributed by atoms with E-state index in [-0.39, 0.29) is 5.91 Å². The molecule has 4 nitrogen and oxygen atoms in total. The average Bonchev–Trinajstić information content (AvgIpc) is 2.22. The third kappa shape index (κ3) is 1.42. The van der Waals surface area contributed by atoms with Gasteiger partial charge in [0.15, 0.2) is 11.9 Å². The Bertz CT molecular complexity index is 404. The fourth-order valence-electron chi connectivity index (χ4n) is 1.77. The molecule has 0 saturated heterocycles. The lowest BCUT2D eigenvalue weighted by Crippen LogP contribution is -2.44. The Labute approximate surface area is 88.6 Å². The lowest BCUT2D eigenvalue weighted by molar-refractivity contribution is -0.125. The lowest BCUT2D eigenvalue weighted by atomic mass is 10.1. The highest BCUT2D eigenvalue weighted by Crippen LogP contribution is 2.38. The SMILES string of the molecule is CCN1C(=O)[C@H](C)Oc2c(N)cccc21. The standard InChI is InChI=1S/C11H14N2O2/c1-3-13-9-6-4-5-8(12)10(9)15-7(2)11(13)14/h4-7H,3,12H2,1-2H3/t7-/m0/s1. The largest absolute Gasteiger partial charge is 0.477 e. The van der Waals surface area contributed by atoms with Crippen LogP contribution in [0.3, 0.4) is 0 Å². The monoisotopic (exact) mass is 206 g/mol. The van der Waals surface area contributed by atoms with Gasteiger partial charge in [-0.3, -0.25) is 4.79 Å². The first-order valence-electron chi connectivity index (χ1n) is 5.01. The zero-order valence-corrected chi connectivity index (χ0v) is 8.86. The van der Waals surface area contributed by atoms with Gasteiger partial charge in [0, 0.05) is 6.54 Å². The average molecular weight is 206 g/mol. The highest BCUT2D eigenvalue weighted by molar-refractivity contribution is 6.00. The third-order valence-electron chi connectivity index (χ3n) is 2.54. The number of benzene rings is 1. The summed E-state index contributed by atoms with van der Waals surface area (Å²) in [5, 5.41) is 0. The van der Waals surface area contributed by atoms with E-state index in [1.54, 1.807) is 17.9 Å². The lowest BCUT2D eigenvalue weighted by Gasteiger charge is -2.32. The van der Waals surface area contributed by atoms with Crippen molar-refractivity contribution < 1.29 is 9.53 Å². The topological polar surface area (TPSA) is 55.6 Å². The normalized spacial score (nSPS) is 19.7. The number of para-hydroxylation sites is 1.